The van der Waals surface area contributed by atoms with E-state index in [0.29, 0.717) is 0 Å². The van der Waals surface area contributed by atoms with Crippen LogP contribution in [0.15, 0.2) is 82.1 Å². The van der Waals surface area contributed by atoms with Crippen LogP contribution in [0.25, 0.3) is 22.2 Å². The highest BCUT2D eigenvalue weighted by molar-refractivity contribution is 9.10. The quantitative estimate of drug-likeness (QED) is 0.386. The normalized spacial score (nSPS) is 15.3. The summed E-state index contributed by atoms with van der Waals surface area (Å²) in [4.78, 5) is 20.3. The number of nitrogens with one attached hydrogen (secondary N) is 1. The van der Waals surface area contributed by atoms with Gasteiger partial charge in [-0.05, 0) is 53.9 Å². The fourth-order valence-electron chi connectivity index (χ4n) is 4.76. The summed E-state index contributed by atoms with van der Waals surface area (Å²) in [6, 6.07) is 25.2. The standard InChI is InChI=1S/C27H29BrN4O/c28-23-12-10-21(11-13-23)24-7-2-1-6-22(24)20-31-18-16-30(17-19-31)14-5-15-32-26-9-4-3-8-25(26)29-27(32)33/h1-4,6-13H,5,14-20H2,(H,29,33). The van der Waals surface area contributed by atoms with Crippen LogP contribution in [-0.2, 0) is 13.1 Å². The first kappa shape index (κ1) is 22.1. The van der Waals surface area contributed by atoms with Gasteiger partial charge in [0.25, 0.3) is 0 Å². The van der Waals surface area contributed by atoms with Crippen molar-refractivity contribution in [2.45, 2.75) is 19.5 Å². The van der Waals surface area contributed by atoms with E-state index in [1.165, 1.54) is 16.7 Å². The molecule has 0 atom stereocenters. The predicted octanol–water partition coefficient (Wildman–Crippen LogP) is 4.97. The first-order valence-electron chi connectivity index (χ1n) is 11.6. The van der Waals surface area contributed by atoms with Crippen molar-refractivity contribution in [3.05, 3.63) is 93.3 Å². The molecule has 1 aliphatic heterocycles. The van der Waals surface area contributed by atoms with E-state index in [2.05, 4.69) is 79.2 Å². The number of halogens is 1. The third-order valence-electron chi connectivity index (χ3n) is 6.57. The van der Waals surface area contributed by atoms with Crippen LogP contribution >= 0.6 is 15.9 Å². The summed E-state index contributed by atoms with van der Waals surface area (Å²) < 4.78 is 2.97. The summed E-state index contributed by atoms with van der Waals surface area (Å²) in [5.74, 6) is 0. The van der Waals surface area contributed by atoms with E-state index in [1.807, 2.05) is 28.8 Å². The Morgan fingerprint density at radius 1 is 0.788 bits per heavy atom. The summed E-state index contributed by atoms with van der Waals surface area (Å²) >= 11 is 3.53. The number of piperazine rings is 1. The van der Waals surface area contributed by atoms with Crippen LogP contribution in [0.2, 0.25) is 0 Å². The van der Waals surface area contributed by atoms with Crippen molar-refractivity contribution < 1.29 is 0 Å². The van der Waals surface area contributed by atoms with Crippen molar-refractivity contribution in [3.8, 4) is 11.1 Å². The number of aromatic nitrogens is 2. The van der Waals surface area contributed by atoms with E-state index in [4.69, 9.17) is 0 Å². The topological polar surface area (TPSA) is 44.3 Å². The lowest BCUT2D eigenvalue weighted by Crippen LogP contribution is -2.46. The number of rotatable bonds is 7. The lowest BCUT2D eigenvalue weighted by Gasteiger charge is -2.35. The number of aryl methyl sites for hydroxylation is 1. The molecule has 1 aromatic heterocycles. The molecule has 0 amide bonds. The number of para-hydroxylation sites is 2. The van der Waals surface area contributed by atoms with Crippen molar-refractivity contribution in [2.75, 3.05) is 32.7 Å². The molecular formula is C27H29BrN4O. The van der Waals surface area contributed by atoms with E-state index in [0.717, 1.165) is 67.7 Å². The van der Waals surface area contributed by atoms with Gasteiger partial charge in [0.15, 0.2) is 0 Å². The lowest BCUT2D eigenvalue weighted by molar-refractivity contribution is 0.125. The molecule has 33 heavy (non-hydrogen) atoms. The van der Waals surface area contributed by atoms with Crippen LogP contribution < -0.4 is 5.69 Å². The number of hydrogen-bond acceptors (Lipinski definition) is 3. The van der Waals surface area contributed by atoms with Gasteiger partial charge in [0.1, 0.15) is 0 Å². The predicted molar refractivity (Wildman–Crippen MR) is 138 cm³/mol. The highest BCUT2D eigenvalue weighted by atomic mass is 79.9. The lowest BCUT2D eigenvalue weighted by atomic mass is 9.99. The van der Waals surface area contributed by atoms with Crippen molar-refractivity contribution in [1.82, 2.24) is 19.4 Å². The number of aromatic amines is 1. The van der Waals surface area contributed by atoms with Gasteiger partial charge < -0.3 is 9.88 Å². The Hall–Kier alpha value is -2.67. The van der Waals surface area contributed by atoms with E-state index in [9.17, 15) is 4.79 Å². The maximum Gasteiger partial charge on any atom is 0.326 e. The van der Waals surface area contributed by atoms with E-state index >= 15 is 0 Å². The van der Waals surface area contributed by atoms with Crippen molar-refractivity contribution in [2.24, 2.45) is 0 Å². The number of H-pyrrole nitrogens is 1. The maximum absolute atomic E-state index is 12.3. The van der Waals surface area contributed by atoms with Gasteiger partial charge in [-0.15, -0.1) is 0 Å². The molecule has 5 nitrogen and oxygen atoms in total. The zero-order valence-corrected chi connectivity index (χ0v) is 20.3. The molecule has 1 fully saturated rings. The highest BCUT2D eigenvalue weighted by Crippen LogP contribution is 2.26. The Bertz CT molecular complexity index is 1270. The van der Waals surface area contributed by atoms with E-state index < -0.39 is 0 Å². The molecule has 0 bridgehead atoms. The molecule has 1 N–H and O–H groups in total. The molecule has 0 spiro atoms. The first-order valence-corrected chi connectivity index (χ1v) is 12.4. The molecule has 170 valence electrons. The van der Waals surface area contributed by atoms with Crippen LogP contribution in [0, 0.1) is 0 Å². The Labute approximate surface area is 202 Å². The van der Waals surface area contributed by atoms with Gasteiger partial charge in [-0.2, -0.15) is 0 Å². The highest BCUT2D eigenvalue weighted by Gasteiger charge is 2.18. The molecule has 6 heteroatoms. The largest absolute Gasteiger partial charge is 0.326 e. The number of benzene rings is 3. The average molecular weight is 505 g/mol. The number of hydrogen-bond donors (Lipinski definition) is 1. The van der Waals surface area contributed by atoms with Gasteiger partial charge in [-0.1, -0.05) is 64.5 Å². The fourth-order valence-corrected chi connectivity index (χ4v) is 5.03. The van der Waals surface area contributed by atoms with Gasteiger partial charge in [0, 0.05) is 43.7 Å². The van der Waals surface area contributed by atoms with Gasteiger partial charge in [-0.25, -0.2) is 4.79 Å². The molecule has 0 saturated carbocycles. The Balaban J connectivity index is 1.14. The SMILES string of the molecule is O=c1[nH]c2ccccc2n1CCCN1CCN(Cc2ccccc2-c2ccc(Br)cc2)CC1. The molecular weight excluding hydrogens is 476 g/mol. The monoisotopic (exact) mass is 504 g/mol. The summed E-state index contributed by atoms with van der Waals surface area (Å²) in [7, 11) is 0. The first-order chi connectivity index (χ1) is 16.2. The third kappa shape index (κ3) is 5.13. The summed E-state index contributed by atoms with van der Waals surface area (Å²) in [6.45, 7) is 7.04. The average Bonchev–Trinajstić information content (AvgIpc) is 3.16. The van der Waals surface area contributed by atoms with Crippen LogP contribution in [0.1, 0.15) is 12.0 Å². The molecule has 0 radical (unpaired) electrons. The minimum absolute atomic E-state index is 0.00883. The molecule has 1 saturated heterocycles. The zero-order valence-electron chi connectivity index (χ0n) is 18.7. The van der Waals surface area contributed by atoms with Crippen molar-refractivity contribution >= 4 is 27.0 Å². The van der Waals surface area contributed by atoms with E-state index in [1.54, 1.807) is 0 Å². The second-order valence-electron chi connectivity index (χ2n) is 8.73. The second-order valence-corrected chi connectivity index (χ2v) is 9.65. The van der Waals surface area contributed by atoms with Crippen LogP contribution in [-0.4, -0.2) is 52.1 Å². The zero-order chi connectivity index (χ0) is 22.6. The Morgan fingerprint density at radius 3 is 2.30 bits per heavy atom. The molecule has 0 unspecified atom stereocenters. The number of imidazole rings is 1. The summed E-state index contributed by atoms with van der Waals surface area (Å²) in [6.07, 6.45) is 0.980. The molecule has 5 rings (SSSR count). The summed E-state index contributed by atoms with van der Waals surface area (Å²) in [5.41, 5.74) is 5.87. The number of fused-ring (bicyclic) bond motifs is 1. The van der Waals surface area contributed by atoms with Gasteiger partial charge in [0.2, 0.25) is 0 Å². The van der Waals surface area contributed by atoms with Crippen LogP contribution in [0.5, 0.6) is 0 Å². The molecule has 0 aliphatic carbocycles. The summed E-state index contributed by atoms with van der Waals surface area (Å²) in [5, 5.41) is 0. The van der Waals surface area contributed by atoms with Gasteiger partial charge in [0.05, 0.1) is 11.0 Å². The van der Waals surface area contributed by atoms with E-state index in [-0.39, 0.29) is 5.69 Å². The molecule has 3 aromatic carbocycles. The molecule has 4 aromatic rings. The smallest absolute Gasteiger partial charge is 0.306 e. The fraction of sp³-hybridized carbons (Fsp3) is 0.296. The third-order valence-corrected chi connectivity index (χ3v) is 7.10. The van der Waals surface area contributed by atoms with Gasteiger partial charge in [-0.3, -0.25) is 9.47 Å². The molecule has 1 aliphatic rings. The minimum atomic E-state index is -0.00883. The molecule has 2 heterocycles. The second kappa shape index (κ2) is 10.1. The maximum atomic E-state index is 12.3. The Kier molecular flexibility index (Phi) is 6.76. The Morgan fingerprint density at radius 2 is 1.48 bits per heavy atom. The van der Waals surface area contributed by atoms with Crippen LogP contribution in [0.3, 0.4) is 0 Å². The number of nitrogens with zero attached hydrogens (tertiary/aromatic N) is 3. The van der Waals surface area contributed by atoms with Crippen molar-refractivity contribution in [3.63, 3.8) is 0 Å². The minimum Gasteiger partial charge on any atom is -0.306 e. The van der Waals surface area contributed by atoms with Gasteiger partial charge >= 0.3 is 5.69 Å². The van der Waals surface area contributed by atoms with Crippen molar-refractivity contribution in [1.29, 1.82) is 0 Å². The van der Waals surface area contributed by atoms with Crippen LogP contribution in [0.4, 0.5) is 0 Å².